The number of benzene rings is 1. The van der Waals surface area contributed by atoms with Crippen LogP contribution in [0.4, 0.5) is 10.7 Å². The highest BCUT2D eigenvalue weighted by Gasteiger charge is 2.52. The van der Waals surface area contributed by atoms with Gasteiger partial charge in [-0.15, -0.1) is 0 Å². The quantitative estimate of drug-likeness (QED) is 0.779. The van der Waals surface area contributed by atoms with Gasteiger partial charge in [-0.3, -0.25) is 14.6 Å². The second-order valence-corrected chi connectivity index (χ2v) is 7.17. The van der Waals surface area contributed by atoms with E-state index in [-0.39, 0.29) is 11.9 Å². The summed E-state index contributed by atoms with van der Waals surface area (Å²) in [6.07, 6.45) is 1.92. The number of aromatic nitrogens is 2. The van der Waals surface area contributed by atoms with Gasteiger partial charge in [-0.25, -0.2) is 9.36 Å². The van der Waals surface area contributed by atoms with E-state index in [2.05, 4.69) is 43.1 Å². The lowest BCUT2D eigenvalue weighted by molar-refractivity contribution is -0.676. The van der Waals surface area contributed by atoms with E-state index in [0.717, 1.165) is 16.3 Å². The van der Waals surface area contributed by atoms with Gasteiger partial charge in [0.05, 0.1) is 0 Å². The number of urea groups is 1. The first kappa shape index (κ1) is 16.5. The Morgan fingerprint density at radius 3 is 2.35 bits per heavy atom. The number of carbonyl (C=O) groups excluding carboxylic acids is 2. The normalized spacial score (nSPS) is 19.2. The van der Waals surface area contributed by atoms with E-state index in [9.17, 15) is 9.59 Å². The zero-order valence-electron chi connectivity index (χ0n) is 15.6. The Kier molecular flexibility index (Phi) is 3.50. The van der Waals surface area contributed by atoms with Crippen LogP contribution in [0.3, 0.4) is 0 Å². The number of amidine groups is 1. The number of imide groups is 1. The first-order valence-corrected chi connectivity index (χ1v) is 8.69. The lowest BCUT2D eigenvalue weighted by Gasteiger charge is -2.30. The van der Waals surface area contributed by atoms with Crippen LogP contribution in [0.25, 0.3) is 5.69 Å². The van der Waals surface area contributed by atoms with E-state index >= 15 is 0 Å². The van der Waals surface area contributed by atoms with Gasteiger partial charge < -0.3 is 0 Å². The van der Waals surface area contributed by atoms with E-state index in [1.54, 1.807) is 7.05 Å². The smallest absolute Gasteiger partial charge is 0.270 e. The van der Waals surface area contributed by atoms with E-state index in [1.165, 1.54) is 17.5 Å². The molecule has 134 valence electrons. The molecule has 3 amide bonds. The molecule has 1 fully saturated rings. The number of rotatable bonds is 2. The largest absolute Gasteiger partial charge is 0.406 e. The van der Waals surface area contributed by atoms with Crippen molar-refractivity contribution in [2.24, 2.45) is 4.99 Å². The zero-order valence-corrected chi connectivity index (χ0v) is 15.6. The standard InChI is InChI=1S/C19H22N5O2/c1-11(2)13-6-8-14(9-7-13)24-12(3)10-23-15-16(20-18(23)24)21(4)19(26)22(5)17(15)25/h6-11,15H,1-5H3/q+1. The second kappa shape index (κ2) is 5.52. The Hall–Kier alpha value is -2.96. The number of aryl methyl sites for hydroxylation is 1. The molecule has 26 heavy (non-hydrogen) atoms. The minimum Gasteiger partial charge on any atom is -0.270 e. The van der Waals surface area contributed by atoms with Gasteiger partial charge in [0.1, 0.15) is 17.6 Å². The van der Waals surface area contributed by atoms with Crippen molar-refractivity contribution in [1.82, 2.24) is 14.4 Å². The molecule has 3 heterocycles. The van der Waals surface area contributed by atoms with Gasteiger partial charge in [0.2, 0.25) is 11.9 Å². The number of fused-ring (bicyclic) bond motifs is 3. The predicted octanol–water partition coefficient (Wildman–Crippen LogP) is 2.31. The summed E-state index contributed by atoms with van der Waals surface area (Å²) in [7, 11) is 3.16. The van der Waals surface area contributed by atoms with Crippen molar-refractivity contribution in [1.29, 1.82) is 0 Å². The molecule has 7 nitrogen and oxygen atoms in total. The third kappa shape index (κ3) is 2.13. The molecule has 0 radical (unpaired) electrons. The molecular formula is C19H22N5O2+. The van der Waals surface area contributed by atoms with Crippen LogP contribution in [0.1, 0.15) is 37.1 Å². The molecule has 1 atom stereocenters. The average molecular weight is 352 g/mol. The Balaban J connectivity index is 1.84. The summed E-state index contributed by atoms with van der Waals surface area (Å²) < 4.78 is 3.86. The molecule has 1 aromatic heterocycles. The summed E-state index contributed by atoms with van der Waals surface area (Å²) in [6, 6.07) is 7.40. The van der Waals surface area contributed by atoms with Crippen LogP contribution in [0.5, 0.6) is 0 Å². The topological polar surface area (TPSA) is 61.8 Å². The summed E-state index contributed by atoms with van der Waals surface area (Å²) >= 11 is 0. The molecule has 2 aromatic rings. The van der Waals surface area contributed by atoms with Gasteiger partial charge in [-0.05, 0) is 30.5 Å². The fourth-order valence-electron chi connectivity index (χ4n) is 3.59. The van der Waals surface area contributed by atoms with Gasteiger partial charge in [-0.2, -0.15) is 4.57 Å². The molecule has 1 unspecified atom stereocenters. The number of imidazole rings is 1. The molecule has 0 bridgehead atoms. The Morgan fingerprint density at radius 2 is 1.73 bits per heavy atom. The minimum atomic E-state index is -0.590. The van der Waals surface area contributed by atoms with Crippen molar-refractivity contribution in [3.8, 4) is 5.69 Å². The summed E-state index contributed by atoms with van der Waals surface area (Å²) in [6.45, 7) is 6.31. The molecule has 0 aliphatic carbocycles. The van der Waals surface area contributed by atoms with Crippen LogP contribution in [0, 0.1) is 6.92 Å². The number of aliphatic imine (C=N–C) groups is 1. The zero-order chi connectivity index (χ0) is 18.7. The van der Waals surface area contributed by atoms with Crippen LogP contribution in [-0.4, -0.2) is 46.2 Å². The van der Waals surface area contributed by atoms with Gasteiger partial charge in [0.15, 0.2) is 0 Å². The monoisotopic (exact) mass is 352 g/mol. The van der Waals surface area contributed by atoms with Crippen molar-refractivity contribution in [3.63, 3.8) is 0 Å². The highest BCUT2D eigenvalue weighted by molar-refractivity contribution is 6.18. The van der Waals surface area contributed by atoms with Gasteiger partial charge in [0.25, 0.3) is 5.91 Å². The number of amides is 3. The van der Waals surface area contributed by atoms with Gasteiger partial charge in [-0.1, -0.05) is 31.0 Å². The van der Waals surface area contributed by atoms with E-state index in [0.29, 0.717) is 17.7 Å². The van der Waals surface area contributed by atoms with Crippen molar-refractivity contribution >= 4 is 23.7 Å². The van der Waals surface area contributed by atoms with Crippen molar-refractivity contribution < 1.29 is 14.2 Å². The number of hydrogen-bond acceptors (Lipinski definition) is 3. The lowest BCUT2D eigenvalue weighted by Crippen LogP contribution is -2.61. The molecule has 2 aliphatic heterocycles. The summed E-state index contributed by atoms with van der Waals surface area (Å²) in [5.41, 5.74) is 3.23. The van der Waals surface area contributed by atoms with Crippen LogP contribution in [-0.2, 0) is 4.79 Å². The second-order valence-electron chi connectivity index (χ2n) is 7.17. The summed E-state index contributed by atoms with van der Waals surface area (Å²) in [5, 5.41) is 0. The Bertz CT molecular complexity index is 955. The van der Waals surface area contributed by atoms with Crippen LogP contribution < -0.4 is 4.57 Å². The molecule has 0 spiro atoms. The van der Waals surface area contributed by atoms with Crippen molar-refractivity contribution in [2.75, 3.05) is 14.1 Å². The first-order valence-electron chi connectivity index (χ1n) is 8.69. The van der Waals surface area contributed by atoms with Gasteiger partial charge >= 0.3 is 12.0 Å². The fraction of sp³-hybridized carbons (Fsp3) is 0.368. The maximum atomic E-state index is 12.7. The highest BCUT2D eigenvalue weighted by atomic mass is 16.2. The molecular weight excluding hydrogens is 330 g/mol. The summed E-state index contributed by atoms with van der Waals surface area (Å²) in [5.74, 6) is 1.33. The average Bonchev–Trinajstić information content (AvgIpc) is 3.12. The Labute approximate surface area is 152 Å². The molecule has 1 saturated heterocycles. The molecule has 7 heteroatoms. The van der Waals surface area contributed by atoms with Gasteiger partial charge in [0, 0.05) is 14.1 Å². The molecule has 1 aromatic carbocycles. The number of hydrogen-bond donors (Lipinski definition) is 0. The van der Waals surface area contributed by atoms with E-state index in [1.807, 2.05) is 22.3 Å². The maximum Gasteiger partial charge on any atom is 0.406 e. The lowest BCUT2D eigenvalue weighted by atomic mass is 10.0. The van der Waals surface area contributed by atoms with E-state index < -0.39 is 6.04 Å². The van der Waals surface area contributed by atoms with Crippen molar-refractivity contribution in [2.45, 2.75) is 32.7 Å². The minimum absolute atomic E-state index is 0.261. The number of nitrogens with zero attached hydrogens (tertiary/aromatic N) is 5. The Morgan fingerprint density at radius 1 is 1.08 bits per heavy atom. The molecule has 0 N–H and O–H groups in total. The molecule has 0 saturated carbocycles. The summed E-state index contributed by atoms with van der Waals surface area (Å²) in [4.78, 5) is 32.1. The first-order chi connectivity index (χ1) is 12.3. The fourth-order valence-corrected chi connectivity index (χ4v) is 3.59. The maximum absolute atomic E-state index is 12.7. The predicted molar refractivity (Wildman–Crippen MR) is 96.9 cm³/mol. The number of likely N-dealkylation sites (N-methyl/N-ethyl adjacent to an activating group) is 2. The third-order valence-corrected chi connectivity index (χ3v) is 5.15. The molecule has 2 aliphatic rings. The SMILES string of the molecule is Cc1c[n+]2c(n1-c1ccc(C(C)C)cc1)N=C1C2C(=O)N(C)C(=O)N1C. The van der Waals surface area contributed by atoms with E-state index in [4.69, 9.17) is 0 Å². The van der Waals surface area contributed by atoms with Crippen LogP contribution >= 0.6 is 0 Å². The number of carbonyl (C=O) groups is 2. The third-order valence-electron chi connectivity index (χ3n) is 5.15. The highest BCUT2D eigenvalue weighted by Crippen LogP contribution is 2.31. The van der Waals surface area contributed by atoms with Crippen LogP contribution in [0.2, 0.25) is 0 Å². The molecule has 4 rings (SSSR count). The van der Waals surface area contributed by atoms with Crippen molar-refractivity contribution in [3.05, 3.63) is 41.7 Å². The van der Waals surface area contributed by atoms with Crippen LogP contribution in [0.15, 0.2) is 35.5 Å².